The molecule has 0 bridgehead atoms. The predicted molar refractivity (Wildman–Crippen MR) is 75.7 cm³/mol. The monoisotopic (exact) mass is 296 g/mol. The number of nitrogens with one attached hydrogen (secondary N) is 1. The molecule has 0 aliphatic rings. The van der Waals surface area contributed by atoms with Crippen LogP contribution in [0.1, 0.15) is 16.1 Å². The van der Waals surface area contributed by atoms with Gasteiger partial charge in [-0.3, -0.25) is 0 Å². The molecule has 2 aromatic rings. The molecule has 0 radical (unpaired) electrons. The van der Waals surface area contributed by atoms with E-state index in [1.54, 1.807) is 31.2 Å². The van der Waals surface area contributed by atoms with Crippen LogP contribution in [0.4, 0.5) is 11.5 Å². The number of halogens is 2. The van der Waals surface area contributed by atoms with Crippen molar-refractivity contribution in [1.29, 1.82) is 0 Å². The molecular formula is C13H10Cl2N2O2. The van der Waals surface area contributed by atoms with E-state index in [-0.39, 0.29) is 5.56 Å². The molecule has 0 saturated carbocycles. The Morgan fingerprint density at radius 3 is 2.37 bits per heavy atom. The van der Waals surface area contributed by atoms with E-state index in [1.165, 1.54) is 6.07 Å². The number of aromatic nitrogens is 1. The summed E-state index contributed by atoms with van der Waals surface area (Å²) in [7, 11) is 0. The zero-order chi connectivity index (χ0) is 14.0. The highest BCUT2D eigenvalue weighted by atomic mass is 35.5. The number of benzene rings is 1. The molecule has 19 heavy (non-hydrogen) atoms. The van der Waals surface area contributed by atoms with Gasteiger partial charge in [0.25, 0.3) is 0 Å². The molecule has 0 spiro atoms. The molecule has 98 valence electrons. The van der Waals surface area contributed by atoms with Gasteiger partial charge in [0.15, 0.2) is 0 Å². The molecule has 0 fully saturated rings. The highest BCUT2D eigenvalue weighted by Crippen LogP contribution is 2.25. The molecule has 0 aliphatic heterocycles. The fourth-order valence-electron chi connectivity index (χ4n) is 1.63. The maximum Gasteiger partial charge on any atom is 0.337 e. The van der Waals surface area contributed by atoms with E-state index in [0.717, 1.165) is 0 Å². The number of anilines is 2. The first-order valence-electron chi connectivity index (χ1n) is 5.40. The molecule has 1 aromatic carbocycles. The lowest BCUT2D eigenvalue weighted by molar-refractivity contribution is 0.0695. The van der Waals surface area contributed by atoms with Gasteiger partial charge in [-0.25, -0.2) is 9.78 Å². The first-order chi connectivity index (χ1) is 8.95. The second-order valence-electron chi connectivity index (χ2n) is 3.92. The molecule has 0 aliphatic carbocycles. The molecule has 1 heterocycles. The molecule has 4 nitrogen and oxygen atoms in total. The molecule has 0 unspecified atom stereocenters. The Balaban J connectivity index is 2.28. The number of aryl methyl sites for hydroxylation is 1. The van der Waals surface area contributed by atoms with E-state index in [0.29, 0.717) is 27.2 Å². The van der Waals surface area contributed by atoms with Gasteiger partial charge in [0.05, 0.1) is 11.3 Å². The maximum atomic E-state index is 10.9. The smallest absolute Gasteiger partial charge is 0.337 e. The van der Waals surface area contributed by atoms with Gasteiger partial charge in [0.2, 0.25) is 0 Å². The number of aromatic carboxylic acids is 1. The van der Waals surface area contributed by atoms with Gasteiger partial charge in [0.1, 0.15) is 5.82 Å². The fraction of sp³-hybridized carbons (Fsp3) is 0.0769. The molecule has 0 saturated heterocycles. The third-order valence-electron chi connectivity index (χ3n) is 2.45. The molecule has 6 heteroatoms. The Kier molecular flexibility index (Phi) is 3.93. The number of rotatable bonds is 3. The molecule has 0 atom stereocenters. The van der Waals surface area contributed by atoms with Crippen LogP contribution in [0.15, 0.2) is 30.3 Å². The van der Waals surface area contributed by atoms with Gasteiger partial charge >= 0.3 is 5.97 Å². The number of carbonyl (C=O) groups is 1. The summed E-state index contributed by atoms with van der Waals surface area (Å²) in [6, 6.07) is 8.12. The van der Waals surface area contributed by atoms with Crippen molar-refractivity contribution >= 4 is 40.7 Å². The van der Waals surface area contributed by atoms with Crippen LogP contribution in [0.25, 0.3) is 0 Å². The third kappa shape index (κ3) is 3.36. The van der Waals surface area contributed by atoms with E-state index in [9.17, 15) is 4.79 Å². The predicted octanol–water partition coefficient (Wildman–Crippen LogP) is 4.14. The number of hydrogen-bond donors (Lipinski definition) is 2. The Bertz CT molecular complexity index is 624. The standard InChI is InChI=1S/C13H10Cl2N2O2/c1-7-11(13(18)19)2-3-12(16-7)17-10-5-8(14)4-9(15)6-10/h2-6H,1H3,(H,16,17)(H,18,19). The SMILES string of the molecule is Cc1nc(Nc2cc(Cl)cc(Cl)c2)ccc1C(=O)O. The van der Waals surface area contributed by atoms with Crippen LogP contribution in [0.2, 0.25) is 10.0 Å². The summed E-state index contributed by atoms with van der Waals surface area (Å²) >= 11 is 11.8. The quantitative estimate of drug-likeness (QED) is 0.893. The minimum Gasteiger partial charge on any atom is -0.478 e. The number of carboxylic acids is 1. The van der Waals surface area contributed by atoms with E-state index >= 15 is 0 Å². The zero-order valence-corrected chi connectivity index (χ0v) is 11.5. The van der Waals surface area contributed by atoms with Gasteiger partial charge in [-0.2, -0.15) is 0 Å². The van der Waals surface area contributed by atoms with Crippen LogP contribution in [0, 0.1) is 6.92 Å². The molecule has 0 amide bonds. The lowest BCUT2D eigenvalue weighted by Crippen LogP contribution is -2.03. The van der Waals surface area contributed by atoms with E-state index in [1.807, 2.05) is 0 Å². The highest BCUT2D eigenvalue weighted by molar-refractivity contribution is 6.35. The van der Waals surface area contributed by atoms with Gasteiger partial charge in [-0.15, -0.1) is 0 Å². The number of nitrogens with zero attached hydrogens (tertiary/aromatic N) is 1. The normalized spacial score (nSPS) is 10.3. The zero-order valence-electron chi connectivity index (χ0n) is 9.95. The van der Waals surface area contributed by atoms with Gasteiger partial charge in [0, 0.05) is 15.7 Å². The van der Waals surface area contributed by atoms with Crippen LogP contribution >= 0.6 is 23.2 Å². The molecular weight excluding hydrogens is 287 g/mol. The fourth-order valence-corrected chi connectivity index (χ4v) is 2.16. The minimum atomic E-state index is -0.998. The van der Waals surface area contributed by atoms with E-state index in [2.05, 4.69) is 10.3 Å². The van der Waals surface area contributed by atoms with E-state index < -0.39 is 5.97 Å². The molecule has 1 aromatic heterocycles. The van der Waals surface area contributed by atoms with Crippen molar-refractivity contribution in [3.8, 4) is 0 Å². The van der Waals surface area contributed by atoms with Gasteiger partial charge < -0.3 is 10.4 Å². The summed E-state index contributed by atoms with van der Waals surface area (Å²) in [6.07, 6.45) is 0. The summed E-state index contributed by atoms with van der Waals surface area (Å²) in [4.78, 5) is 15.1. The first kappa shape index (κ1) is 13.6. The summed E-state index contributed by atoms with van der Waals surface area (Å²) in [6.45, 7) is 1.64. The first-order valence-corrected chi connectivity index (χ1v) is 6.15. The Morgan fingerprint density at radius 2 is 1.84 bits per heavy atom. The average molecular weight is 297 g/mol. The highest BCUT2D eigenvalue weighted by Gasteiger charge is 2.09. The maximum absolute atomic E-state index is 10.9. The molecule has 2 N–H and O–H groups in total. The largest absolute Gasteiger partial charge is 0.478 e. The Morgan fingerprint density at radius 1 is 1.21 bits per heavy atom. The number of hydrogen-bond acceptors (Lipinski definition) is 3. The van der Waals surface area contributed by atoms with Crippen LogP contribution in [0.5, 0.6) is 0 Å². The lowest BCUT2D eigenvalue weighted by Gasteiger charge is -2.08. The lowest BCUT2D eigenvalue weighted by atomic mass is 10.2. The second kappa shape index (κ2) is 5.47. The van der Waals surface area contributed by atoms with Gasteiger partial charge in [-0.1, -0.05) is 23.2 Å². The van der Waals surface area contributed by atoms with Crippen molar-refractivity contribution in [1.82, 2.24) is 4.98 Å². The average Bonchev–Trinajstić information content (AvgIpc) is 2.26. The Labute approximate surface area is 120 Å². The van der Waals surface area contributed by atoms with Crippen molar-refractivity contribution in [2.45, 2.75) is 6.92 Å². The van der Waals surface area contributed by atoms with Crippen LogP contribution in [0.3, 0.4) is 0 Å². The van der Waals surface area contributed by atoms with Crippen LogP contribution < -0.4 is 5.32 Å². The summed E-state index contributed by atoms with van der Waals surface area (Å²) in [5, 5.41) is 13.0. The summed E-state index contributed by atoms with van der Waals surface area (Å²) < 4.78 is 0. The summed E-state index contributed by atoms with van der Waals surface area (Å²) in [5.74, 6) is -0.469. The third-order valence-corrected chi connectivity index (χ3v) is 2.89. The van der Waals surface area contributed by atoms with Crippen LogP contribution in [-0.4, -0.2) is 16.1 Å². The number of carboxylic acid groups (broad SMARTS) is 1. The molecule has 2 rings (SSSR count). The number of pyridine rings is 1. The minimum absolute atomic E-state index is 0.176. The topological polar surface area (TPSA) is 62.2 Å². The second-order valence-corrected chi connectivity index (χ2v) is 4.79. The van der Waals surface area contributed by atoms with E-state index in [4.69, 9.17) is 28.3 Å². The Hall–Kier alpha value is -1.78. The van der Waals surface area contributed by atoms with Crippen molar-refractivity contribution in [2.24, 2.45) is 0 Å². The summed E-state index contributed by atoms with van der Waals surface area (Å²) in [5.41, 5.74) is 1.30. The van der Waals surface area contributed by atoms with Crippen molar-refractivity contribution in [3.05, 3.63) is 51.6 Å². The van der Waals surface area contributed by atoms with Crippen molar-refractivity contribution in [3.63, 3.8) is 0 Å². The van der Waals surface area contributed by atoms with Crippen molar-refractivity contribution in [2.75, 3.05) is 5.32 Å². The van der Waals surface area contributed by atoms with Crippen molar-refractivity contribution < 1.29 is 9.90 Å². The van der Waals surface area contributed by atoms with Crippen LogP contribution in [-0.2, 0) is 0 Å². The van der Waals surface area contributed by atoms with Gasteiger partial charge in [-0.05, 0) is 37.3 Å².